The van der Waals surface area contributed by atoms with Crippen molar-refractivity contribution in [2.75, 3.05) is 23.5 Å². The van der Waals surface area contributed by atoms with E-state index < -0.39 is 0 Å². The number of methoxy groups -OCH3 is 1. The van der Waals surface area contributed by atoms with Gasteiger partial charge in [0.2, 0.25) is 11.0 Å². The van der Waals surface area contributed by atoms with E-state index in [0.717, 1.165) is 32.2 Å². The topological polar surface area (TPSA) is 76.1 Å². The Labute approximate surface area is 176 Å². The molecule has 29 heavy (non-hydrogen) atoms. The Balaban J connectivity index is 1.35. The van der Waals surface area contributed by atoms with E-state index in [0.29, 0.717) is 5.13 Å². The third-order valence-electron chi connectivity index (χ3n) is 4.12. The molecule has 0 aliphatic rings. The number of thioether (sulfide) groups is 1. The fraction of sp³-hybridized carbons (Fsp3) is 0.0952. The molecule has 1 amide bonds. The smallest absolute Gasteiger partial charge is 0.234 e. The monoisotopic (exact) mass is 422 g/mol. The molecule has 0 radical (unpaired) electrons. The number of anilines is 3. The molecule has 3 aromatic carbocycles. The quantitative estimate of drug-likeness (QED) is 0.400. The van der Waals surface area contributed by atoms with Crippen LogP contribution in [0.3, 0.4) is 0 Å². The number of carbonyl (C=O) groups excluding carboxylic acids is 1. The van der Waals surface area contributed by atoms with Crippen molar-refractivity contribution >= 4 is 56.3 Å². The first-order valence-corrected chi connectivity index (χ1v) is 10.7. The molecule has 0 spiro atoms. The van der Waals surface area contributed by atoms with Crippen molar-refractivity contribution in [2.24, 2.45) is 0 Å². The minimum Gasteiger partial charge on any atom is -0.497 e. The summed E-state index contributed by atoms with van der Waals surface area (Å²) in [6, 6.07) is 21.4. The molecule has 0 aliphatic heterocycles. The molecule has 0 unspecified atom stereocenters. The first kappa shape index (κ1) is 19.2. The summed E-state index contributed by atoms with van der Waals surface area (Å²) in [6.07, 6.45) is 0. The van der Waals surface area contributed by atoms with E-state index in [1.165, 1.54) is 23.1 Å². The van der Waals surface area contributed by atoms with E-state index in [1.54, 1.807) is 7.11 Å². The number of nitrogens with one attached hydrogen (secondary N) is 2. The average Bonchev–Trinajstić information content (AvgIpc) is 3.20. The number of ether oxygens (including phenoxy) is 1. The molecule has 8 heteroatoms. The summed E-state index contributed by atoms with van der Waals surface area (Å²) in [5, 5.41) is 17.2. The molecule has 1 heterocycles. The largest absolute Gasteiger partial charge is 0.497 e. The highest BCUT2D eigenvalue weighted by Crippen LogP contribution is 2.29. The molecule has 6 nitrogen and oxygen atoms in total. The first-order valence-electron chi connectivity index (χ1n) is 8.86. The van der Waals surface area contributed by atoms with Crippen LogP contribution in [0, 0.1) is 0 Å². The lowest BCUT2D eigenvalue weighted by Crippen LogP contribution is -2.14. The minimum absolute atomic E-state index is 0.0798. The summed E-state index contributed by atoms with van der Waals surface area (Å²) in [5.74, 6) is 0.944. The minimum atomic E-state index is -0.0798. The van der Waals surface area contributed by atoms with E-state index in [-0.39, 0.29) is 11.7 Å². The number of hydrogen-bond donors (Lipinski definition) is 2. The SMILES string of the molecule is COc1cccc(Nc2nnc(SCC(=O)Nc3cccc4ccccc34)s2)c1. The second-order valence-corrected chi connectivity index (χ2v) is 8.29. The maximum Gasteiger partial charge on any atom is 0.234 e. The normalized spacial score (nSPS) is 10.7. The maximum absolute atomic E-state index is 12.4. The van der Waals surface area contributed by atoms with Crippen LogP contribution in [0.25, 0.3) is 10.8 Å². The Kier molecular flexibility index (Phi) is 5.92. The number of hydrogen-bond acceptors (Lipinski definition) is 7. The number of benzene rings is 3. The van der Waals surface area contributed by atoms with Gasteiger partial charge in [-0.05, 0) is 23.6 Å². The van der Waals surface area contributed by atoms with Crippen molar-refractivity contribution in [3.8, 4) is 5.75 Å². The highest BCUT2D eigenvalue weighted by atomic mass is 32.2. The third kappa shape index (κ3) is 4.85. The number of aromatic nitrogens is 2. The number of amides is 1. The molecule has 2 N–H and O–H groups in total. The lowest BCUT2D eigenvalue weighted by molar-refractivity contribution is -0.113. The van der Waals surface area contributed by atoms with Crippen molar-refractivity contribution in [2.45, 2.75) is 4.34 Å². The van der Waals surface area contributed by atoms with Crippen LogP contribution in [0.4, 0.5) is 16.5 Å². The Bertz CT molecular complexity index is 1140. The van der Waals surface area contributed by atoms with E-state index in [2.05, 4.69) is 20.8 Å². The van der Waals surface area contributed by atoms with E-state index >= 15 is 0 Å². The van der Waals surface area contributed by atoms with Gasteiger partial charge in [-0.15, -0.1) is 10.2 Å². The molecule has 0 saturated heterocycles. The molecule has 1 aromatic heterocycles. The van der Waals surface area contributed by atoms with Gasteiger partial charge in [0.05, 0.1) is 12.9 Å². The summed E-state index contributed by atoms with van der Waals surface area (Å²) in [7, 11) is 1.63. The summed E-state index contributed by atoms with van der Waals surface area (Å²) in [5.41, 5.74) is 1.68. The lowest BCUT2D eigenvalue weighted by atomic mass is 10.1. The molecule has 0 fully saturated rings. The van der Waals surface area contributed by atoms with Gasteiger partial charge < -0.3 is 15.4 Å². The summed E-state index contributed by atoms with van der Waals surface area (Å²) in [6.45, 7) is 0. The van der Waals surface area contributed by atoms with Gasteiger partial charge in [0.1, 0.15) is 5.75 Å². The Hall–Kier alpha value is -3.10. The number of carbonyl (C=O) groups is 1. The van der Waals surface area contributed by atoms with Gasteiger partial charge in [-0.1, -0.05) is 65.6 Å². The molecule has 0 bridgehead atoms. The average molecular weight is 423 g/mol. The van der Waals surface area contributed by atoms with Crippen LogP contribution in [0.2, 0.25) is 0 Å². The Morgan fingerprint density at radius 1 is 1.07 bits per heavy atom. The van der Waals surface area contributed by atoms with E-state index in [4.69, 9.17) is 4.74 Å². The lowest BCUT2D eigenvalue weighted by Gasteiger charge is -2.08. The number of rotatable bonds is 7. The summed E-state index contributed by atoms with van der Waals surface area (Å²) in [4.78, 5) is 12.4. The van der Waals surface area contributed by atoms with Crippen LogP contribution in [0.15, 0.2) is 71.1 Å². The van der Waals surface area contributed by atoms with E-state index in [1.807, 2.05) is 66.7 Å². The van der Waals surface area contributed by atoms with Gasteiger partial charge >= 0.3 is 0 Å². The third-order valence-corrected chi connectivity index (χ3v) is 6.09. The van der Waals surface area contributed by atoms with Crippen LogP contribution in [-0.4, -0.2) is 29.0 Å². The van der Waals surface area contributed by atoms with Crippen LogP contribution < -0.4 is 15.4 Å². The van der Waals surface area contributed by atoms with Gasteiger partial charge in [-0.2, -0.15) is 0 Å². The molecular formula is C21H18N4O2S2. The van der Waals surface area contributed by atoms with Gasteiger partial charge in [-0.3, -0.25) is 4.79 Å². The summed E-state index contributed by atoms with van der Waals surface area (Å²) < 4.78 is 5.94. The molecule has 0 aliphatic carbocycles. The van der Waals surface area contributed by atoms with Crippen molar-refractivity contribution in [3.05, 3.63) is 66.7 Å². The van der Waals surface area contributed by atoms with Crippen LogP contribution in [0.1, 0.15) is 0 Å². The second kappa shape index (κ2) is 8.93. The predicted molar refractivity (Wildman–Crippen MR) is 119 cm³/mol. The zero-order valence-electron chi connectivity index (χ0n) is 15.6. The van der Waals surface area contributed by atoms with Gasteiger partial charge in [-0.25, -0.2) is 0 Å². The van der Waals surface area contributed by atoms with E-state index in [9.17, 15) is 4.79 Å². The standard InChI is InChI=1S/C21H18N4O2S2/c1-27-16-9-5-8-15(12-16)22-20-24-25-21(29-20)28-13-19(26)23-18-11-4-7-14-6-2-3-10-17(14)18/h2-12H,13H2,1H3,(H,22,24)(H,23,26). The highest BCUT2D eigenvalue weighted by molar-refractivity contribution is 8.01. The van der Waals surface area contributed by atoms with Crippen molar-refractivity contribution in [1.29, 1.82) is 0 Å². The maximum atomic E-state index is 12.4. The number of fused-ring (bicyclic) bond motifs is 1. The molecule has 0 atom stereocenters. The zero-order valence-corrected chi connectivity index (χ0v) is 17.2. The predicted octanol–water partition coefficient (Wildman–Crippen LogP) is 5.17. The van der Waals surface area contributed by atoms with Gasteiger partial charge in [0, 0.05) is 22.8 Å². The molecule has 0 saturated carbocycles. The molecule has 4 rings (SSSR count). The van der Waals surface area contributed by atoms with Crippen molar-refractivity contribution < 1.29 is 9.53 Å². The van der Waals surface area contributed by atoms with Crippen LogP contribution in [-0.2, 0) is 4.79 Å². The van der Waals surface area contributed by atoms with Crippen molar-refractivity contribution in [1.82, 2.24) is 10.2 Å². The second-order valence-electron chi connectivity index (χ2n) is 6.09. The summed E-state index contributed by atoms with van der Waals surface area (Å²) >= 11 is 2.76. The van der Waals surface area contributed by atoms with Crippen molar-refractivity contribution in [3.63, 3.8) is 0 Å². The fourth-order valence-electron chi connectivity index (χ4n) is 2.79. The highest BCUT2D eigenvalue weighted by Gasteiger charge is 2.10. The van der Waals surface area contributed by atoms with Gasteiger partial charge in [0.25, 0.3) is 0 Å². The molecule has 4 aromatic rings. The zero-order chi connectivity index (χ0) is 20.1. The molecular weight excluding hydrogens is 404 g/mol. The fourth-order valence-corrected chi connectivity index (χ4v) is 4.36. The van der Waals surface area contributed by atoms with Gasteiger partial charge in [0.15, 0.2) is 4.34 Å². The number of nitrogens with zero attached hydrogens (tertiary/aromatic N) is 2. The first-order chi connectivity index (χ1) is 14.2. The van der Waals surface area contributed by atoms with Crippen LogP contribution in [0.5, 0.6) is 5.75 Å². The Morgan fingerprint density at radius 3 is 2.79 bits per heavy atom. The Morgan fingerprint density at radius 2 is 1.90 bits per heavy atom. The molecule has 146 valence electrons. The van der Waals surface area contributed by atoms with Crippen LogP contribution >= 0.6 is 23.1 Å².